The van der Waals surface area contributed by atoms with Crippen LogP contribution in [0.1, 0.15) is 17.4 Å². The van der Waals surface area contributed by atoms with Crippen molar-refractivity contribution >= 4 is 45.4 Å². The Balaban J connectivity index is 1.92. The van der Waals surface area contributed by atoms with Gasteiger partial charge >= 0.3 is 0 Å². The zero-order chi connectivity index (χ0) is 17.3. The van der Waals surface area contributed by atoms with Gasteiger partial charge in [0.15, 0.2) is 4.77 Å². The number of aromatic nitrogens is 2. The first-order valence-electron chi connectivity index (χ1n) is 7.60. The minimum atomic E-state index is -0.281. The lowest BCUT2D eigenvalue weighted by atomic mass is 10.2. The molecular weight excluding hydrogens is 342 g/mol. The van der Waals surface area contributed by atoms with E-state index in [1.165, 1.54) is 15.9 Å². The van der Waals surface area contributed by atoms with Gasteiger partial charge in [0, 0.05) is 10.6 Å². The van der Waals surface area contributed by atoms with Crippen molar-refractivity contribution in [3.8, 4) is 0 Å². The van der Waals surface area contributed by atoms with Crippen molar-refractivity contribution in [3.05, 3.63) is 55.9 Å². The Morgan fingerprint density at radius 2 is 2.12 bits per heavy atom. The van der Waals surface area contributed by atoms with Gasteiger partial charge in [-0.15, -0.1) is 11.3 Å². The summed E-state index contributed by atoms with van der Waals surface area (Å²) in [5.74, 6) is -0.281. The second-order valence-corrected chi connectivity index (χ2v) is 7.02. The van der Waals surface area contributed by atoms with Crippen LogP contribution in [0.15, 0.2) is 35.1 Å². The van der Waals surface area contributed by atoms with Crippen LogP contribution in [0.2, 0.25) is 0 Å². The lowest BCUT2D eigenvalue weighted by molar-refractivity contribution is -0.116. The van der Waals surface area contributed by atoms with Gasteiger partial charge in [0.05, 0.1) is 5.39 Å². The predicted molar refractivity (Wildman–Crippen MR) is 100 cm³/mol. The zero-order valence-corrected chi connectivity index (χ0v) is 15.0. The second-order valence-electron chi connectivity index (χ2n) is 5.49. The standard InChI is InChI=1S/C17H17N3O2S2/c1-3-11-8-12-15(24-11)19-17(23)20(16(12)22)9-14(21)18-13-7-5-4-6-10(13)2/h4-8H,3,9H2,1-2H3,(H,18,21)(H,19,23). The fourth-order valence-electron chi connectivity index (χ4n) is 2.46. The summed E-state index contributed by atoms with van der Waals surface area (Å²) in [5, 5.41) is 3.40. The van der Waals surface area contributed by atoms with Gasteiger partial charge in [0.1, 0.15) is 11.4 Å². The fourth-order valence-corrected chi connectivity index (χ4v) is 3.76. The van der Waals surface area contributed by atoms with Crippen LogP contribution in [-0.2, 0) is 17.8 Å². The summed E-state index contributed by atoms with van der Waals surface area (Å²) in [6, 6.07) is 9.36. The number of anilines is 1. The number of amides is 1. The Kier molecular flexibility index (Phi) is 4.64. The SMILES string of the molecule is CCc1cc2c(=O)n(CC(=O)Nc3ccccc3C)c(=S)[nH]c2s1. The van der Waals surface area contributed by atoms with Gasteiger partial charge in [0.25, 0.3) is 5.56 Å². The third-order valence-electron chi connectivity index (χ3n) is 3.79. The molecule has 0 aliphatic carbocycles. The highest BCUT2D eigenvalue weighted by Gasteiger charge is 2.12. The first-order valence-corrected chi connectivity index (χ1v) is 8.83. The molecule has 2 heterocycles. The van der Waals surface area contributed by atoms with Gasteiger partial charge in [0.2, 0.25) is 5.91 Å². The number of nitrogens with zero attached hydrogens (tertiary/aromatic N) is 1. The number of carbonyl (C=O) groups is 1. The van der Waals surface area contributed by atoms with E-state index in [0.29, 0.717) is 5.39 Å². The van der Waals surface area contributed by atoms with Gasteiger partial charge in [-0.3, -0.25) is 14.2 Å². The van der Waals surface area contributed by atoms with Crippen molar-refractivity contribution in [1.82, 2.24) is 9.55 Å². The van der Waals surface area contributed by atoms with Crippen LogP contribution in [0.4, 0.5) is 5.69 Å². The lowest BCUT2D eigenvalue weighted by Crippen LogP contribution is -2.28. The smallest absolute Gasteiger partial charge is 0.263 e. The normalized spacial score (nSPS) is 10.9. The molecule has 0 atom stereocenters. The predicted octanol–water partition coefficient (Wildman–Crippen LogP) is 3.63. The fraction of sp³-hybridized carbons (Fsp3) is 0.235. The Morgan fingerprint density at radius 3 is 2.83 bits per heavy atom. The number of carbonyl (C=O) groups excluding carboxylic acids is 1. The number of rotatable bonds is 4. The molecule has 0 fully saturated rings. The molecule has 0 spiro atoms. The average molecular weight is 359 g/mol. The van der Waals surface area contributed by atoms with Crippen molar-refractivity contribution in [2.45, 2.75) is 26.8 Å². The van der Waals surface area contributed by atoms with Crippen molar-refractivity contribution in [3.63, 3.8) is 0 Å². The average Bonchev–Trinajstić information content (AvgIpc) is 2.97. The van der Waals surface area contributed by atoms with Crippen LogP contribution >= 0.6 is 23.6 Å². The first-order chi connectivity index (χ1) is 11.5. The molecule has 2 aromatic heterocycles. The molecule has 0 saturated carbocycles. The Labute approximate surface area is 148 Å². The van der Waals surface area contributed by atoms with E-state index in [4.69, 9.17) is 12.2 Å². The van der Waals surface area contributed by atoms with Crippen molar-refractivity contribution < 1.29 is 4.79 Å². The highest BCUT2D eigenvalue weighted by molar-refractivity contribution is 7.71. The van der Waals surface area contributed by atoms with Gasteiger partial charge in [-0.2, -0.15) is 0 Å². The Hall–Kier alpha value is -2.25. The number of hydrogen-bond acceptors (Lipinski definition) is 4. The maximum absolute atomic E-state index is 12.6. The van der Waals surface area contributed by atoms with E-state index >= 15 is 0 Å². The molecule has 0 unspecified atom stereocenters. The summed E-state index contributed by atoms with van der Waals surface area (Å²) in [5.41, 5.74) is 1.46. The van der Waals surface area contributed by atoms with Gasteiger partial charge in [-0.1, -0.05) is 25.1 Å². The van der Waals surface area contributed by atoms with Crippen LogP contribution in [0.3, 0.4) is 0 Å². The summed E-state index contributed by atoms with van der Waals surface area (Å²) < 4.78 is 1.56. The molecule has 0 aliphatic heterocycles. The van der Waals surface area contributed by atoms with Crippen LogP contribution in [0, 0.1) is 11.7 Å². The maximum Gasteiger partial charge on any atom is 0.263 e. The van der Waals surface area contributed by atoms with Gasteiger partial charge < -0.3 is 10.3 Å². The minimum absolute atomic E-state index is 0.115. The highest BCUT2D eigenvalue weighted by atomic mass is 32.1. The second kappa shape index (κ2) is 6.70. The van der Waals surface area contributed by atoms with E-state index in [1.54, 1.807) is 0 Å². The summed E-state index contributed by atoms with van der Waals surface area (Å²) in [4.78, 5) is 29.9. The van der Waals surface area contributed by atoms with E-state index in [1.807, 2.05) is 44.2 Å². The molecule has 0 bridgehead atoms. The van der Waals surface area contributed by atoms with Crippen molar-refractivity contribution in [2.24, 2.45) is 0 Å². The van der Waals surface area contributed by atoms with E-state index in [2.05, 4.69) is 10.3 Å². The quantitative estimate of drug-likeness (QED) is 0.699. The van der Waals surface area contributed by atoms with E-state index < -0.39 is 0 Å². The monoisotopic (exact) mass is 359 g/mol. The minimum Gasteiger partial charge on any atom is -0.324 e. The van der Waals surface area contributed by atoms with Crippen molar-refractivity contribution in [1.29, 1.82) is 0 Å². The lowest BCUT2D eigenvalue weighted by Gasteiger charge is -2.09. The molecule has 1 amide bonds. The Bertz CT molecular complexity index is 1030. The molecular formula is C17H17N3O2S2. The van der Waals surface area contributed by atoms with E-state index in [0.717, 1.165) is 27.4 Å². The summed E-state index contributed by atoms with van der Waals surface area (Å²) >= 11 is 6.78. The molecule has 3 aromatic rings. The molecule has 0 saturated heterocycles. The number of hydrogen-bond donors (Lipinski definition) is 2. The molecule has 3 rings (SSSR count). The summed E-state index contributed by atoms with van der Waals surface area (Å²) in [6.07, 6.45) is 0.854. The van der Waals surface area contributed by atoms with Crippen LogP contribution < -0.4 is 10.9 Å². The first kappa shape index (κ1) is 16.6. The molecule has 2 N–H and O–H groups in total. The number of aryl methyl sites for hydroxylation is 2. The molecule has 124 valence electrons. The molecule has 1 aromatic carbocycles. The third kappa shape index (κ3) is 3.18. The third-order valence-corrected chi connectivity index (χ3v) is 5.31. The largest absolute Gasteiger partial charge is 0.324 e. The van der Waals surface area contributed by atoms with Gasteiger partial charge in [-0.25, -0.2) is 0 Å². The van der Waals surface area contributed by atoms with E-state index in [9.17, 15) is 9.59 Å². The maximum atomic E-state index is 12.6. The van der Waals surface area contributed by atoms with Crippen molar-refractivity contribution in [2.75, 3.05) is 5.32 Å². The topological polar surface area (TPSA) is 66.9 Å². The molecule has 5 nitrogen and oxygen atoms in total. The highest BCUT2D eigenvalue weighted by Crippen LogP contribution is 2.21. The Morgan fingerprint density at radius 1 is 1.38 bits per heavy atom. The van der Waals surface area contributed by atoms with Crippen LogP contribution in [0.5, 0.6) is 0 Å². The summed E-state index contributed by atoms with van der Waals surface area (Å²) in [6.45, 7) is 3.83. The number of H-pyrrole nitrogens is 1. The number of aromatic amines is 1. The van der Waals surface area contributed by atoms with E-state index in [-0.39, 0.29) is 22.8 Å². The number of fused-ring (bicyclic) bond motifs is 1. The van der Waals surface area contributed by atoms with Crippen LogP contribution in [-0.4, -0.2) is 15.5 Å². The number of nitrogens with one attached hydrogen (secondary N) is 2. The molecule has 0 radical (unpaired) electrons. The summed E-state index contributed by atoms with van der Waals surface area (Å²) in [7, 11) is 0. The molecule has 7 heteroatoms. The number of thiophene rings is 1. The van der Waals surface area contributed by atoms with Crippen LogP contribution in [0.25, 0.3) is 10.2 Å². The zero-order valence-electron chi connectivity index (χ0n) is 13.4. The number of benzene rings is 1. The molecule has 24 heavy (non-hydrogen) atoms. The number of para-hydroxylation sites is 1. The van der Waals surface area contributed by atoms with Gasteiger partial charge in [-0.05, 0) is 43.3 Å². The molecule has 0 aliphatic rings.